The fraction of sp³-hybridized carbons (Fsp3) is 0.379. The van der Waals surface area contributed by atoms with Crippen LogP contribution < -0.4 is 14.8 Å². The van der Waals surface area contributed by atoms with Crippen molar-refractivity contribution in [2.75, 3.05) is 27.4 Å². The van der Waals surface area contributed by atoms with Crippen LogP contribution in [0.15, 0.2) is 72.8 Å². The Balaban J connectivity index is 0.000000444. The molecule has 1 aliphatic carbocycles. The summed E-state index contributed by atoms with van der Waals surface area (Å²) in [5.74, 6) is 1.98. The standard InChI is InChI=1S/C23H30ClNO4.C6H5Cl/c1-27-22-11-6-16(12-23(22)28-2)14-29-15-21(17-4-3-5-17)25-20(13-26)18-7-9-19(24)10-8-18;7-6-4-2-1-3-5-6/h6-12,17,20-21,25-26H,3-5,13-15H2,1-2H3;1-5H. The second-order valence-corrected chi connectivity index (χ2v) is 9.62. The molecule has 4 rings (SSSR count). The molecule has 0 radical (unpaired) electrons. The van der Waals surface area contributed by atoms with Gasteiger partial charge in [-0.05, 0) is 66.3 Å². The van der Waals surface area contributed by atoms with Gasteiger partial charge in [-0.15, -0.1) is 0 Å². The van der Waals surface area contributed by atoms with Crippen molar-refractivity contribution in [2.45, 2.75) is 38.0 Å². The van der Waals surface area contributed by atoms with E-state index in [2.05, 4.69) is 5.32 Å². The van der Waals surface area contributed by atoms with E-state index in [4.69, 9.17) is 37.4 Å². The molecule has 1 saturated carbocycles. The number of ether oxygens (including phenoxy) is 3. The Bertz CT molecular complexity index is 1030. The van der Waals surface area contributed by atoms with E-state index in [0.717, 1.165) is 16.1 Å². The number of aliphatic hydroxyl groups is 1. The topological polar surface area (TPSA) is 60.0 Å². The van der Waals surface area contributed by atoms with Crippen LogP contribution in [0.5, 0.6) is 11.5 Å². The van der Waals surface area contributed by atoms with Crippen LogP contribution >= 0.6 is 23.2 Å². The molecule has 2 unspecified atom stereocenters. The average molecular weight is 533 g/mol. The fourth-order valence-corrected chi connectivity index (χ4v) is 4.33. The molecule has 7 heteroatoms. The predicted molar refractivity (Wildman–Crippen MR) is 146 cm³/mol. The molecule has 194 valence electrons. The first-order chi connectivity index (χ1) is 17.5. The number of nitrogens with one attached hydrogen (secondary N) is 1. The van der Waals surface area contributed by atoms with Gasteiger partial charge < -0.3 is 24.6 Å². The minimum absolute atomic E-state index is 0.0283. The van der Waals surface area contributed by atoms with Gasteiger partial charge in [0.05, 0.1) is 40.1 Å². The fourth-order valence-electron chi connectivity index (χ4n) is 4.06. The summed E-state index contributed by atoms with van der Waals surface area (Å²) < 4.78 is 16.7. The summed E-state index contributed by atoms with van der Waals surface area (Å²) in [6.07, 6.45) is 3.63. The maximum Gasteiger partial charge on any atom is 0.161 e. The number of aliphatic hydroxyl groups excluding tert-OH is 1. The van der Waals surface area contributed by atoms with E-state index in [1.807, 2.05) is 72.8 Å². The van der Waals surface area contributed by atoms with E-state index in [1.54, 1.807) is 14.2 Å². The van der Waals surface area contributed by atoms with Crippen molar-refractivity contribution < 1.29 is 19.3 Å². The van der Waals surface area contributed by atoms with Crippen molar-refractivity contribution in [3.05, 3.63) is 94.0 Å². The van der Waals surface area contributed by atoms with Gasteiger partial charge in [0.2, 0.25) is 0 Å². The van der Waals surface area contributed by atoms with E-state index < -0.39 is 0 Å². The number of benzene rings is 3. The molecule has 1 fully saturated rings. The summed E-state index contributed by atoms with van der Waals surface area (Å²) in [5.41, 5.74) is 2.06. The molecular weight excluding hydrogens is 497 g/mol. The summed E-state index contributed by atoms with van der Waals surface area (Å²) in [5, 5.41) is 15.0. The van der Waals surface area contributed by atoms with E-state index in [-0.39, 0.29) is 18.7 Å². The molecule has 5 nitrogen and oxygen atoms in total. The van der Waals surface area contributed by atoms with Crippen molar-refractivity contribution in [2.24, 2.45) is 5.92 Å². The van der Waals surface area contributed by atoms with E-state index in [0.29, 0.717) is 35.7 Å². The first-order valence-electron chi connectivity index (χ1n) is 12.2. The Hall–Kier alpha value is -2.28. The Kier molecular flexibility index (Phi) is 11.9. The van der Waals surface area contributed by atoms with Gasteiger partial charge in [-0.2, -0.15) is 0 Å². The maximum absolute atomic E-state index is 9.92. The minimum Gasteiger partial charge on any atom is -0.493 e. The molecule has 2 atom stereocenters. The lowest BCUT2D eigenvalue weighted by molar-refractivity contribution is 0.0554. The highest BCUT2D eigenvalue weighted by atomic mass is 35.5. The zero-order valence-corrected chi connectivity index (χ0v) is 22.3. The molecule has 0 aromatic heterocycles. The van der Waals surface area contributed by atoms with Crippen LogP contribution in [0, 0.1) is 5.92 Å². The third kappa shape index (κ3) is 8.68. The van der Waals surface area contributed by atoms with Gasteiger partial charge in [-0.1, -0.05) is 66.0 Å². The highest BCUT2D eigenvalue weighted by Gasteiger charge is 2.29. The Morgan fingerprint density at radius 2 is 1.56 bits per heavy atom. The Labute approximate surface area is 224 Å². The molecule has 0 aliphatic heterocycles. The minimum atomic E-state index is -0.137. The van der Waals surface area contributed by atoms with Crippen LogP contribution in [0.25, 0.3) is 0 Å². The summed E-state index contributed by atoms with van der Waals surface area (Å²) in [7, 11) is 3.26. The molecule has 0 bridgehead atoms. The number of hydrogen-bond acceptors (Lipinski definition) is 5. The highest BCUT2D eigenvalue weighted by Crippen LogP contribution is 2.32. The molecule has 3 aromatic carbocycles. The number of halogens is 2. The quantitative estimate of drug-likeness (QED) is 0.288. The zero-order valence-electron chi connectivity index (χ0n) is 20.8. The van der Waals surface area contributed by atoms with Gasteiger partial charge in [-0.3, -0.25) is 0 Å². The molecule has 0 amide bonds. The van der Waals surface area contributed by atoms with Gasteiger partial charge in [0.25, 0.3) is 0 Å². The van der Waals surface area contributed by atoms with E-state index in [1.165, 1.54) is 19.3 Å². The second-order valence-electron chi connectivity index (χ2n) is 8.75. The first kappa shape index (κ1) is 28.3. The lowest BCUT2D eigenvalue weighted by Crippen LogP contribution is -2.45. The van der Waals surface area contributed by atoms with Crippen molar-refractivity contribution >= 4 is 23.2 Å². The van der Waals surface area contributed by atoms with Crippen LogP contribution in [0.4, 0.5) is 0 Å². The van der Waals surface area contributed by atoms with Crippen molar-refractivity contribution in [3.63, 3.8) is 0 Å². The smallest absolute Gasteiger partial charge is 0.161 e. The Morgan fingerprint density at radius 3 is 2.08 bits per heavy atom. The van der Waals surface area contributed by atoms with Crippen molar-refractivity contribution in [3.8, 4) is 11.5 Å². The summed E-state index contributed by atoms with van der Waals surface area (Å²) in [4.78, 5) is 0. The molecular formula is C29H35Cl2NO4. The summed E-state index contributed by atoms with van der Waals surface area (Å²) in [6, 6.07) is 22.9. The van der Waals surface area contributed by atoms with Crippen LogP contribution in [-0.2, 0) is 11.3 Å². The van der Waals surface area contributed by atoms with Crippen LogP contribution in [0.2, 0.25) is 10.0 Å². The third-order valence-corrected chi connectivity index (χ3v) is 6.84. The lowest BCUT2D eigenvalue weighted by Gasteiger charge is -2.36. The molecule has 0 heterocycles. The largest absolute Gasteiger partial charge is 0.493 e. The van der Waals surface area contributed by atoms with Gasteiger partial charge in [0.15, 0.2) is 11.5 Å². The maximum atomic E-state index is 9.92. The molecule has 1 aliphatic rings. The Morgan fingerprint density at radius 1 is 0.889 bits per heavy atom. The molecule has 3 aromatic rings. The predicted octanol–water partition coefficient (Wildman–Crippen LogP) is 6.71. The first-order valence-corrected chi connectivity index (χ1v) is 12.9. The van der Waals surface area contributed by atoms with Gasteiger partial charge in [-0.25, -0.2) is 0 Å². The molecule has 0 saturated heterocycles. The third-order valence-electron chi connectivity index (χ3n) is 6.34. The van der Waals surface area contributed by atoms with Gasteiger partial charge in [0, 0.05) is 16.1 Å². The number of methoxy groups -OCH3 is 2. The highest BCUT2D eigenvalue weighted by molar-refractivity contribution is 6.30. The van der Waals surface area contributed by atoms with E-state index in [9.17, 15) is 5.11 Å². The average Bonchev–Trinajstić information content (AvgIpc) is 2.87. The summed E-state index contributed by atoms with van der Waals surface area (Å²) in [6.45, 7) is 1.11. The second kappa shape index (κ2) is 15.1. The van der Waals surface area contributed by atoms with Crippen molar-refractivity contribution in [1.82, 2.24) is 5.32 Å². The number of hydrogen-bond donors (Lipinski definition) is 2. The van der Waals surface area contributed by atoms with E-state index >= 15 is 0 Å². The lowest BCUT2D eigenvalue weighted by atomic mass is 9.79. The van der Waals surface area contributed by atoms with Crippen LogP contribution in [0.3, 0.4) is 0 Å². The van der Waals surface area contributed by atoms with Crippen LogP contribution in [0.1, 0.15) is 36.4 Å². The molecule has 0 spiro atoms. The normalized spacial score (nSPS) is 14.7. The number of rotatable bonds is 11. The van der Waals surface area contributed by atoms with Gasteiger partial charge >= 0.3 is 0 Å². The monoisotopic (exact) mass is 531 g/mol. The molecule has 36 heavy (non-hydrogen) atoms. The summed E-state index contributed by atoms with van der Waals surface area (Å²) >= 11 is 11.5. The zero-order chi connectivity index (χ0) is 25.8. The van der Waals surface area contributed by atoms with Gasteiger partial charge in [0.1, 0.15) is 0 Å². The van der Waals surface area contributed by atoms with Crippen molar-refractivity contribution in [1.29, 1.82) is 0 Å². The van der Waals surface area contributed by atoms with Crippen LogP contribution in [-0.4, -0.2) is 38.6 Å². The SMILES string of the molecule is COc1ccc(COCC(NC(CO)c2ccc(Cl)cc2)C2CCC2)cc1OC.Clc1ccccc1. The molecule has 2 N–H and O–H groups in total.